The van der Waals surface area contributed by atoms with Crippen molar-refractivity contribution in [3.63, 3.8) is 0 Å². The molecule has 0 aromatic carbocycles. The zero-order chi connectivity index (χ0) is 16.9. The largest absolute Gasteiger partial charge is 0.480 e. The number of aromatic nitrogens is 2. The highest BCUT2D eigenvalue weighted by molar-refractivity contribution is 9.10. The minimum Gasteiger partial charge on any atom is -0.480 e. The summed E-state index contributed by atoms with van der Waals surface area (Å²) in [5.74, 6) is 2.34. The molecule has 1 aromatic heterocycles. The summed E-state index contributed by atoms with van der Waals surface area (Å²) in [5, 5.41) is 3.60. The van der Waals surface area contributed by atoms with Gasteiger partial charge in [0.15, 0.2) is 5.96 Å². The monoisotopic (exact) mass is 396 g/mol. The first-order chi connectivity index (χ1) is 11.7. The molecule has 1 aromatic rings. The molecule has 0 spiro atoms. The molecule has 0 unspecified atom stereocenters. The molecule has 2 heterocycles. The van der Waals surface area contributed by atoms with Gasteiger partial charge in [0, 0.05) is 38.8 Å². The predicted octanol–water partition coefficient (Wildman–Crippen LogP) is 1.89. The lowest BCUT2D eigenvalue weighted by Crippen LogP contribution is -2.55. The molecule has 2 fully saturated rings. The third-order valence-corrected chi connectivity index (χ3v) is 5.04. The molecule has 7 nitrogen and oxygen atoms in total. The maximum atomic E-state index is 5.27. The molecule has 2 aliphatic rings. The minimum absolute atomic E-state index is 0.572. The Hall–Kier alpha value is -1.57. The van der Waals surface area contributed by atoms with Gasteiger partial charge in [-0.05, 0) is 42.1 Å². The summed E-state index contributed by atoms with van der Waals surface area (Å²) in [7, 11) is 1.62. The van der Waals surface area contributed by atoms with E-state index >= 15 is 0 Å². The van der Waals surface area contributed by atoms with Crippen molar-refractivity contribution in [2.75, 3.05) is 44.7 Å². The number of rotatable bonds is 4. The van der Waals surface area contributed by atoms with Crippen LogP contribution in [-0.4, -0.2) is 66.7 Å². The molecule has 132 valence electrons. The van der Waals surface area contributed by atoms with Crippen molar-refractivity contribution in [1.82, 2.24) is 20.2 Å². The highest BCUT2D eigenvalue weighted by Gasteiger charge is 2.25. The molecule has 1 saturated heterocycles. The van der Waals surface area contributed by atoms with Crippen LogP contribution in [0.3, 0.4) is 0 Å². The normalized spacial score (nSPS) is 19.2. The van der Waals surface area contributed by atoms with E-state index in [-0.39, 0.29) is 0 Å². The van der Waals surface area contributed by atoms with Gasteiger partial charge in [0.25, 0.3) is 0 Å². The number of nitrogens with one attached hydrogen (secondary N) is 1. The number of methoxy groups -OCH3 is 1. The Morgan fingerprint density at radius 3 is 2.71 bits per heavy atom. The maximum Gasteiger partial charge on any atom is 0.232 e. The van der Waals surface area contributed by atoms with E-state index in [4.69, 9.17) is 4.74 Å². The number of nitrogens with zero attached hydrogens (tertiary/aromatic N) is 5. The van der Waals surface area contributed by atoms with Gasteiger partial charge in [0.05, 0.1) is 17.8 Å². The third-order valence-electron chi connectivity index (χ3n) is 4.50. The molecule has 3 rings (SSSR count). The molecular weight excluding hydrogens is 372 g/mol. The van der Waals surface area contributed by atoms with E-state index < -0.39 is 0 Å². The Bertz CT molecular complexity index is 584. The SMILES string of the molecule is CCN=C(NC1CCC1)N1CCN(c2ncc(Br)c(OC)n2)CC1. The summed E-state index contributed by atoms with van der Waals surface area (Å²) in [6.45, 7) is 6.48. The fraction of sp³-hybridized carbons (Fsp3) is 0.688. The number of ether oxygens (including phenoxy) is 1. The quantitative estimate of drug-likeness (QED) is 0.619. The van der Waals surface area contributed by atoms with E-state index in [1.165, 1.54) is 19.3 Å². The van der Waals surface area contributed by atoms with E-state index in [9.17, 15) is 0 Å². The summed E-state index contributed by atoms with van der Waals surface area (Å²) in [5.41, 5.74) is 0. The van der Waals surface area contributed by atoms with Crippen LogP contribution in [-0.2, 0) is 0 Å². The van der Waals surface area contributed by atoms with Crippen molar-refractivity contribution in [2.24, 2.45) is 4.99 Å². The first kappa shape index (κ1) is 17.3. The fourth-order valence-corrected chi connectivity index (χ4v) is 3.23. The third kappa shape index (κ3) is 3.91. The summed E-state index contributed by atoms with van der Waals surface area (Å²) >= 11 is 3.39. The average molecular weight is 397 g/mol. The average Bonchev–Trinajstić information content (AvgIpc) is 2.57. The molecule has 0 amide bonds. The number of hydrogen-bond acceptors (Lipinski definition) is 5. The van der Waals surface area contributed by atoms with Gasteiger partial charge in [-0.1, -0.05) is 0 Å². The van der Waals surface area contributed by atoms with Gasteiger partial charge >= 0.3 is 0 Å². The molecule has 0 bridgehead atoms. The summed E-state index contributed by atoms with van der Waals surface area (Å²) in [6.07, 6.45) is 5.59. The molecule has 0 atom stereocenters. The molecule has 1 aliphatic heterocycles. The number of halogens is 1. The van der Waals surface area contributed by atoms with Crippen molar-refractivity contribution < 1.29 is 4.74 Å². The number of hydrogen-bond donors (Lipinski definition) is 1. The number of piperazine rings is 1. The second-order valence-corrected chi connectivity index (χ2v) is 6.93. The second-order valence-electron chi connectivity index (χ2n) is 6.07. The van der Waals surface area contributed by atoms with E-state index in [1.807, 2.05) is 0 Å². The second kappa shape index (κ2) is 8.00. The standard InChI is InChI=1S/C16H25BrN6O/c1-3-18-15(20-12-5-4-6-12)22-7-9-23(10-8-22)16-19-11-13(17)14(21-16)24-2/h11-12H,3-10H2,1-2H3,(H,18,20). The van der Waals surface area contributed by atoms with Gasteiger partial charge < -0.3 is 19.9 Å². The highest BCUT2D eigenvalue weighted by atomic mass is 79.9. The number of guanidine groups is 1. The Balaban J connectivity index is 1.60. The van der Waals surface area contributed by atoms with Crippen LogP contribution in [0.25, 0.3) is 0 Å². The van der Waals surface area contributed by atoms with Gasteiger partial charge in [0.2, 0.25) is 11.8 Å². The van der Waals surface area contributed by atoms with Crippen molar-refractivity contribution >= 4 is 27.8 Å². The Morgan fingerprint density at radius 2 is 2.12 bits per heavy atom. The zero-order valence-corrected chi connectivity index (χ0v) is 15.9. The van der Waals surface area contributed by atoms with Crippen LogP contribution < -0.4 is 15.0 Å². The molecule has 24 heavy (non-hydrogen) atoms. The molecule has 0 radical (unpaired) electrons. The smallest absolute Gasteiger partial charge is 0.232 e. The van der Waals surface area contributed by atoms with Gasteiger partial charge in [0.1, 0.15) is 0 Å². The maximum absolute atomic E-state index is 5.27. The lowest BCUT2D eigenvalue weighted by atomic mass is 9.93. The lowest BCUT2D eigenvalue weighted by molar-refractivity contribution is 0.330. The molecule has 1 saturated carbocycles. The summed E-state index contributed by atoms with van der Waals surface area (Å²) < 4.78 is 6.04. The number of anilines is 1. The van der Waals surface area contributed by atoms with Crippen molar-refractivity contribution in [3.05, 3.63) is 10.7 Å². The van der Waals surface area contributed by atoms with Crippen LogP contribution in [0, 0.1) is 0 Å². The molecular formula is C16H25BrN6O. The lowest BCUT2D eigenvalue weighted by Gasteiger charge is -2.39. The van der Waals surface area contributed by atoms with Gasteiger partial charge in [-0.2, -0.15) is 4.98 Å². The minimum atomic E-state index is 0.572. The van der Waals surface area contributed by atoms with Crippen LogP contribution in [0.15, 0.2) is 15.7 Å². The fourth-order valence-electron chi connectivity index (χ4n) is 2.88. The first-order valence-corrected chi connectivity index (χ1v) is 9.38. The van der Waals surface area contributed by atoms with Crippen molar-refractivity contribution in [3.8, 4) is 5.88 Å². The van der Waals surface area contributed by atoms with Gasteiger partial charge in [-0.3, -0.25) is 4.99 Å². The summed E-state index contributed by atoms with van der Waals surface area (Å²) in [6, 6.07) is 0.604. The van der Waals surface area contributed by atoms with Gasteiger partial charge in [-0.15, -0.1) is 0 Å². The topological polar surface area (TPSA) is 65.9 Å². The van der Waals surface area contributed by atoms with E-state index in [2.05, 4.69) is 52.9 Å². The van der Waals surface area contributed by atoms with E-state index in [0.29, 0.717) is 11.9 Å². The molecule has 8 heteroatoms. The van der Waals surface area contributed by atoms with Crippen LogP contribution in [0.2, 0.25) is 0 Å². The van der Waals surface area contributed by atoms with Crippen molar-refractivity contribution in [1.29, 1.82) is 0 Å². The van der Waals surface area contributed by atoms with Crippen molar-refractivity contribution in [2.45, 2.75) is 32.2 Å². The van der Waals surface area contributed by atoms with Crippen LogP contribution in [0.1, 0.15) is 26.2 Å². The molecule has 1 aliphatic carbocycles. The molecule has 1 N–H and O–H groups in total. The Morgan fingerprint density at radius 1 is 1.38 bits per heavy atom. The van der Waals surface area contributed by atoms with E-state index in [0.717, 1.165) is 49.1 Å². The highest BCUT2D eigenvalue weighted by Crippen LogP contribution is 2.24. The predicted molar refractivity (Wildman–Crippen MR) is 98.8 cm³/mol. The Labute approximate surface area is 151 Å². The first-order valence-electron chi connectivity index (χ1n) is 8.58. The number of aliphatic imine (C=N–C) groups is 1. The van der Waals surface area contributed by atoms with Crippen LogP contribution >= 0.6 is 15.9 Å². The Kier molecular flexibility index (Phi) is 5.76. The van der Waals surface area contributed by atoms with Crippen LogP contribution in [0.5, 0.6) is 5.88 Å². The summed E-state index contributed by atoms with van der Waals surface area (Å²) in [4.78, 5) is 18.1. The van der Waals surface area contributed by atoms with E-state index in [1.54, 1.807) is 13.3 Å². The van der Waals surface area contributed by atoms with Gasteiger partial charge in [-0.25, -0.2) is 4.98 Å². The van der Waals surface area contributed by atoms with Crippen LogP contribution in [0.4, 0.5) is 5.95 Å². The zero-order valence-electron chi connectivity index (χ0n) is 14.3.